The van der Waals surface area contributed by atoms with Crippen molar-refractivity contribution < 1.29 is 0 Å². The topological polar surface area (TPSA) is 28.7 Å². The van der Waals surface area contributed by atoms with Gasteiger partial charge in [-0.2, -0.15) is 0 Å². The Hall–Kier alpha value is -0.790. The quantitative estimate of drug-likeness (QED) is 0.703. The van der Waals surface area contributed by atoms with Gasteiger partial charge in [0.15, 0.2) is 0 Å². The lowest BCUT2D eigenvalue weighted by molar-refractivity contribution is 0.313. The molecule has 0 amide bonds. The van der Waals surface area contributed by atoms with Crippen LogP contribution in [0.1, 0.15) is 50.5 Å². The predicted molar refractivity (Wildman–Crippen MR) is 53.8 cm³/mol. The number of hydrogen-bond acceptors (Lipinski definition) is 1. The molecule has 0 aliphatic heterocycles. The van der Waals surface area contributed by atoms with Crippen molar-refractivity contribution in [3.63, 3.8) is 0 Å². The maximum atomic E-state index is 4.28. The first-order valence-electron chi connectivity index (χ1n) is 5.23. The molecular formula is C11H18N2. The molecule has 1 aliphatic rings. The molecule has 0 bridgehead atoms. The van der Waals surface area contributed by atoms with Gasteiger partial charge < -0.3 is 4.98 Å². The molecule has 13 heavy (non-hydrogen) atoms. The summed E-state index contributed by atoms with van der Waals surface area (Å²) < 4.78 is 0. The number of aromatic amines is 1. The zero-order valence-corrected chi connectivity index (χ0v) is 8.56. The average molecular weight is 178 g/mol. The summed E-state index contributed by atoms with van der Waals surface area (Å²) in [4.78, 5) is 7.66. The van der Waals surface area contributed by atoms with Gasteiger partial charge in [0, 0.05) is 17.3 Å². The second kappa shape index (κ2) is 3.17. The zero-order valence-electron chi connectivity index (χ0n) is 8.56. The van der Waals surface area contributed by atoms with Crippen LogP contribution in [0.5, 0.6) is 0 Å². The third kappa shape index (κ3) is 1.62. The third-order valence-electron chi connectivity index (χ3n) is 3.31. The summed E-state index contributed by atoms with van der Waals surface area (Å²) in [5.41, 5.74) is 1.71. The molecule has 2 heteroatoms. The highest BCUT2D eigenvalue weighted by molar-refractivity contribution is 5.14. The Morgan fingerprint density at radius 3 is 2.54 bits per heavy atom. The van der Waals surface area contributed by atoms with Gasteiger partial charge in [0.2, 0.25) is 0 Å². The molecule has 1 saturated carbocycles. The van der Waals surface area contributed by atoms with Gasteiger partial charge in [-0.15, -0.1) is 0 Å². The monoisotopic (exact) mass is 178 g/mol. The fourth-order valence-electron chi connectivity index (χ4n) is 2.33. The van der Waals surface area contributed by atoms with Crippen LogP contribution in [-0.4, -0.2) is 9.97 Å². The standard InChI is InChI=1S/C11H18N2/c1-9-12-8-10(13-9)11(2)6-4-3-5-7-11/h8H,3-7H2,1-2H3,(H,12,13). The van der Waals surface area contributed by atoms with E-state index < -0.39 is 0 Å². The number of aromatic nitrogens is 2. The molecular weight excluding hydrogens is 160 g/mol. The molecule has 1 N–H and O–H groups in total. The number of aryl methyl sites for hydroxylation is 1. The van der Waals surface area contributed by atoms with E-state index in [1.807, 2.05) is 13.1 Å². The van der Waals surface area contributed by atoms with Gasteiger partial charge >= 0.3 is 0 Å². The first kappa shape index (κ1) is 8.79. The molecule has 1 fully saturated rings. The smallest absolute Gasteiger partial charge is 0.103 e. The van der Waals surface area contributed by atoms with E-state index in [0.29, 0.717) is 5.41 Å². The Labute approximate surface area is 79.8 Å². The summed E-state index contributed by atoms with van der Waals surface area (Å²) >= 11 is 0. The predicted octanol–water partition coefficient (Wildman–Crippen LogP) is 2.94. The van der Waals surface area contributed by atoms with Crippen molar-refractivity contribution in [2.75, 3.05) is 0 Å². The van der Waals surface area contributed by atoms with Crippen LogP contribution >= 0.6 is 0 Å². The second-order valence-electron chi connectivity index (χ2n) is 4.50. The van der Waals surface area contributed by atoms with Crippen molar-refractivity contribution >= 4 is 0 Å². The number of hydrogen-bond donors (Lipinski definition) is 1. The molecule has 0 aromatic carbocycles. The average Bonchev–Trinajstić information content (AvgIpc) is 2.54. The molecule has 1 aromatic heterocycles. The van der Waals surface area contributed by atoms with Gasteiger partial charge in [-0.1, -0.05) is 26.2 Å². The van der Waals surface area contributed by atoms with Crippen molar-refractivity contribution in [2.24, 2.45) is 0 Å². The van der Waals surface area contributed by atoms with E-state index in [1.54, 1.807) is 0 Å². The Morgan fingerprint density at radius 2 is 2.00 bits per heavy atom. The minimum Gasteiger partial charge on any atom is -0.346 e. The highest BCUT2D eigenvalue weighted by atomic mass is 14.9. The molecule has 0 spiro atoms. The van der Waals surface area contributed by atoms with Crippen LogP contribution in [-0.2, 0) is 5.41 Å². The van der Waals surface area contributed by atoms with E-state index in [2.05, 4.69) is 16.9 Å². The number of nitrogens with one attached hydrogen (secondary N) is 1. The molecule has 1 aromatic rings. The van der Waals surface area contributed by atoms with Crippen molar-refractivity contribution in [3.8, 4) is 0 Å². The molecule has 0 unspecified atom stereocenters. The normalized spacial score (nSPS) is 21.7. The van der Waals surface area contributed by atoms with Gasteiger partial charge in [-0.25, -0.2) is 4.98 Å². The van der Waals surface area contributed by atoms with Crippen LogP contribution < -0.4 is 0 Å². The zero-order chi connectivity index (χ0) is 9.31. The van der Waals surface area contributed by atoms with Crippen molar-refractivity contribution in [2.45, 2.75) is 51.4 Å². The van der Waals surface area contributed by atoms with Gasteiger partial charge in [0.1, 0.15) is 5.82 Å². The van der Waals surface area contributed by atoms with Gasteiger partial charge in [-0.3, -0.25) is 0 Å². The SMILES string of the molecule is Cc1ncc(C2(C)CCCCC2)[nH]1. The highest BCUT2D eigenvalue weighted by Gasteiger charge is 2.29. The van der Waals surface area contributed by atoms with Crippen molar-refractivity contribution in [1.29, 1.82) is 0 Å². The molecule has 0 atom stereocenters. The first-order chi connectivity index (χ1) is 6.21. The van der Waals surface area contributed by atoms with Crippen LogP contribution in [0, 0.1) is 6.92 Å². The Kier molecular flexibility index (Phi) is 2.14. The molecule has 0 saturated heterocycles. The molecule has 2 nitrogen and oxygen atoms in total. The molecule has 1 aliphatic carbocycles. The molecule has 1 heterocycles. The first-order valence-corrected chi connectivity index (χ1v) is 5.23. The van der Waals surface area contributed by atoms with Crippen LogP contribution in [0.25, 0.3) is 0 Å². The van der Waals surface area contributed by atoms with Gasteiger partial charge in [0.25, 0.3) is 0 Å². The van der Waals surface area contributed by atoms with Crippen molar-refractivity contribution in [1.82, 2.24) is 9.97 Å². The summed E-state index contributed by atoms with van der Waals surface area (Å²) in [6, 6.07) is 0. The van der Waals surface area contributed by atoms with E-state index in [9.17, 15) is 0 Å². The molecule has 0 radical (unpaired) electrons. The van der Waals surface area contributed by atoms with Gasteiger partial charge in [0.05, 0.1) is 0 Å². The molecule has 2 rings (SSSR count). The lowest BCUT2D eigenvalue weighted by Gasteiger charge is -2.32. The summed E-state index contributed by atoms with van der Waals surface area (Å²) in [7, 11) is 0. The number of nitrogens with zero attached hydrogens (tertiary/aromatic N) is 1. The number of rotatable bonds is 1. The van der Waals surface area contributed by atoms with E-state index in [4.69, 9.17) is 0 Å². The van der Waals surface area contributed by atoms with E-state index in [1.165, 1.54) is 37.8 Å². The molecule has 72 valence electrons. The highest BCUT2D eigenvalue weighted by Crippen LogP contribution is 2.37. The fourth-order valence-corrected chi connectivity index (χ4v) is 2.33. The lowest BCUT2D eigenvalue weighted by atomic mass is 9.74. The van der Waals surface area contributed by atoms with Crippen LogP contribution in [0.15, 0.2) is 6.20 Å². The largest absolute Gasteiger partial charge is 0.346 e. The van der Waals surface area contributed by atoms with E-state index in [0.717, 1.165) is 5.82 Å². The second-order valence-corrected chi connectivity index (χ2v) is 4.50. The van der Waals surface area contributed by atoms with Gasteiger partial charge in [-0.05, 0) is 19.8 Å². The third-order valence-corrected chi connectivity index (χ3v) is 3.31. The summed E-state index contributed by atoms with van der Waals surface area (Å²) in [6.45, 7) is 4.38. The minimum absolute atomic E-state index is 0.375. The van der Waals surface area contributed by atoms with Crippen LogP contribution in [0.4, 0.5) is 0 Å². The van der Waals surface area contributed by atoms with Crippen molar-refractivity contribution in [3.05, 3.63) is 17.7 Å². The minimum atomic E-state index is 0.375. The number of imidazole rings is 1. The van der Waals surface area contributed by atoms with E-state index in [-0.39, 0.29) is 0 Å². The summed E-state index contributed by atoms with van der Waals surface area (Å²) in [5.74, 6) is 1.04. The fraction of sp³-hybridized carbons (Fsp3) is 0.727. The summed E-state index contributed by atoms with van der Waals surface area (Å²) in [6.07, 6.45) is 8.79. The summed E-state index contributed by atoms with van der Waals surface area (Å²) in [5, 5.41) is 0. The Bertz CT molecular complexity index is 282. The Morgan fingerprint density at radius 1 is 1.31 bits per heavy atom. The number of H-pyrrole nitrogens is 1. The maximum Gasteiger partial charge on any atom is 0.103 e. The van der Waals surface area contributed by atoms with Crippen LogP contribution in [0.2, 0.25) is 0 Å². The van der Waals surface area contributed by atoms with E-state index >= 15 is 0 Å². The van der Waals surface area contributed by atoms with Crippen LogP contribution in [0.3, 0.4) is 0 Å². The Balaban J connectivity index is 2.22. The maximum absolute atomic E-state index is 4.28. The lowest BCUT2D eigenvalue weighted by Crippen LogP contribution is -2.25.